The Bertz CT molecular complexity index is 786. The summed E-state index contributed by atoms with van der Waals surface area (Å²) in [4.78, 5) is 12.9. The lowest BCUT2D eigenvalue weighted by Gasteiger charge is -2.01. The summed E-state index contributed by atoms with van der Waals surface area (Å²) in [6, 6.07) is 0. The predicted molar refractivity (Wildman–Crippen MR) is 80.0 cm³/mol. The van der Waals surface area contributed by atoms with E-state index in [1.165, 1.54) is 11.8 Å². The number of nitrogens with two attached hydrogens (primary N) is 1. The minimum absolute atomic E-state index is 0.455. The molecule has 0 aliphatic carbocycles. The highest BCUT2D eigenvalue weighted by molar-refractivity contribution is 8.13. The van der Waals surface area contributed by atoms with Crippen LogP contribution in [0.15, 0.2) is 36.0 Å². The smallest absolute Gasteiger partial charge is 0.198 e. The summed E-state index contributed by atoms with van der Waals surface area (Å²) in [6.07, 6.45) is 10.9. The van der Waals surface area contributed by atoms with E-state index in [0.29, 0.717) is 16.6 Å². The Hall–Kier alpha value is -2.35. The Morgan fingerprint density at radius 1 is 1.35 bits per heavy atom. The van der Waals surface area contributed by atoms with Gasteiger partial charge in [0.25, 0.3) is 0 Å². The number of aryl methyl sites for hydroxylation is 1. The van der Waals surface area contributed by atoms with E-state index < -0.39 is 0 Å². The molecule has 3 rings (SSSR count). The third kappa shape index (κ3) is 2.14. The molecule has 0 saturated heterocycles. The second-order valence-corrected chi connectivity index (χ2v) is 4.97. The third-order valence-electron chi connectivity index (χ3n) is 2.84. The molecule has 0 saturated carbocycles. The lowest BCUT2D eigenvalue weighted by molar-refractivity contribution is 0.768. The van der Waals surface area contributed by atoms with E-state index in [-0.39, 0.29) is 0 Å². The Balaban J connectivity index is 2.17. The number of hydrogen-bond donors (Lipinski definition) is 1. The van der Waals surface area contributed by atoms with Gasteiger partial charge in [-0.1, -0.05) is 11.8 Å². The molecule has 0 spiro atoms. The number of aromatic nitrogens is 5. The predicted octanol–water partition coefficient (Wildman–Crippen LogP) is 1.44. The lowest BCUT2D eigenvalue weighted by Crippen LogP contribution is -2.05. The first-order valence-electron chi connectivity index (χ1n) is 5.88. The van der Waals surface area contributed by atoms with Crippen molar-refractivity contribution in [1.29, 1.82) is 0 Å². The molecule has 0 atom stereocenters. The van der Waals surface area contributed by atoms with Crippen molar-refractivity contribution in [3.63, 3.8) is 0 Å². The topological polar surface area (TPSA) is 86.4 Å². The van der Waals surface area contributed by atoms with Crippen molar-refractivity contribution in [2.24, 2.45) is 17.8 Å². The Morgan fingerprint density at radius 3 is 2.90 bits per heavy atom. The Labute approximate surface area is 119 Å². The van der Waals surface area contributed by atoms with Crippen LogP contribution in [0.2, 0.25) is 0 Å². The van der Waals surface area contributed by atoms with Gasteiger partial charge in [-0.2, -0.15) is 5.10 Å². The fourth-order valence-corrected chi connectivity index (χ4v) is 2.08. The zero-order valence-corrected chi connectivity index (χ0v) is 11.9. The van der Waals surface area contributed by atoms with Gasteiger partial charge in [0.05, 0.1) is 18.1 Å². The van der Waals surface area contributed by atoms with E-state index in [4.69, 9.17) is 5.73 Å². The van der Waals surface area contributed by atoms with Crippen LogP contribution in [0.4, 0.5) is 5.82 Å². The number of amidine groups is 1. The lowest BCUT2D eigenvalue weighted by atomic mass is 10.3. The van der Waals surface area contributed by atoms with Crippen molar-refractivity contribution in [1.82, 2.24) is 24.1 Å². The van der Waals surface area contributed by atoms with Gasteiger partial charge in [-0.05, 0) is 6.26 Å². The van der Waals surface area contributed by atoms with Crippen molar-refractivity contribution in [3.05, 3.63) is 31.0 Å². The molecule has 3 heterocycles. The second kappa shape index (κ2) is 4.97. The Morgan fingerprint density at radius 2 is 2.20 bits per heavy atom. The van der Waals surface area contributed by atoms with Gasteiger partial charge in [0.1, 0.15) is 0 Å². The van der Waals surface area contributed by atoms with Gasteiger partial charge in [0.2, 0.25) is 0 Å². The summed E-state index contributed by atoms with van der Waals surface area (Å²) >= 11 is 1.37. The van der Waals surface area contributed by atoms with E-state index in [9.17, 15) is 0 Å². The molecule has 8 heteroatoms. The van der Waals surface area contributed by atoms with Gasteiger partial charge in [0, 0.05) is 31.2 Å². The first kappa shape index (κ1) is 12.7. The summed E-state index contributed by atoms with van der Waals surface area (Å²) in [5.41, 5.74) is 8.33. The third-order valence-corrected chi connectivity index (χ3v) is 3.34. The monoisotopic (exact) mass is 287 g/mol. The molecule has 7 nitrogen and oxygen atoms in total. The summed E-state index contributed by atoms with van der Waals surface area (Å²) in [6.45, 7) is 0. The average Bonchev–Trinajstić information content (AvgIpc) is 3.05. The van der Waals surface area contributed by atoms with Crippen LogP contribution in [0.5, 0.6) is 0 Å². The molecule has 0 fully saturated rings. The summed E-state index contributed by atoms with van der Waals surface area (Å²) in [7, 11) is 1.88. The van der Waals surface area contributed by atoms with Gasteiger partial charge >= 0.3 is 0 Å². The average molecular weight is 287 g/mol. The fourth-order valence-electron chi connectivity index (χ4n) is 1.90. The van der Waals surface area contributed by atoms with Crippen LogP contribution in [-0.4, -0.2) is 35.6 Å². The minimum atomic E-state index is 0.455. The highest BCUT2D eigenvalue weighted by atomic mass is 32.2. The summed E-state index contributed by atoms with van der Waals surface area (Å²) in [5.74, 6) is 0.509. The first-order chi connectivity index (χ1) is 9.69. The molecular weight excluding hydrogens is 274 g/mol. The van der Waals surface area contributed by atoms with Crippen LogP contribution in [0.25, 0.3) is 16.9 Å². The molecular formula is C12H13N7S. The maximum atomic E-state index is 5.74. The Kier molecular flexibility index (Phi) is 3.15. The molecule has 3 aromatic rings. The first-order valence-corrected chi connectivity index (χ1v) is 7.11. The zero-order valence-electron chi connectivity index (χ0n) is 11.1. The van der Waals surface area contributed by atoms with Gasteiger partial charge < -0.3 is 5.73 Å². The van der Waals surface area contributed by atoms with Crippen molar-refractivity contribution >= 4 is 28.4 Å². The molecule has 0 bridgehead atoms. The summed E-state index contributed by atoms with van der Waals surface area (Å²) < 4.78 is 3.68. The van der Waals surface area contributed by atoms with E-state index in [2.05, 4.69) is 20.1 Å². The number of imidazole rings is 1. The van der Waals surface area contributed by atoms with Gasteiger partial charge in [0.15, 0.2) is 16.6 Å². The maximum Gasteiger partial charge on any atom is 0.198 e. The van der Waals surface area contributed by atoms with Crippen molar-refractivity contribution in [3.8, 4) is 11.3 Å². The molecule has 102 valence electrons. The quantitative estimate of drug-likeness (QED) is 0.569. The molecule has 0 radical (unpaired) electrons. The van der Waals surface area contributed by atoms with E-state index in [0.717, 1.165) is 11.3 Å². The molecule has 0 aliphatic rings. The molecule has 2 N–H and O–H groups in total. The number of fused-ring (bicyclic) bond motifs is 1. The largest absolute Gasteiger partial charge is 0.378 e. The molecule has 0 aromatic carbocycles. The van der Waals surface area contributed by atoms with Crippen LogP contribution in [0, 0.1) is 0 Å². The SMILES string of the molecule is CSC(N)=Nc1nccn2c(-c3cnn(C)c3)cnc12. The van der Waals surface area contributed by atoms with E-state index in [1.54, 1.807) is 23.3 Å². The fraction of sp³-hybridized carbons (Fsp3) is 0.167. The van der Waals surface area contributed by atoms with E-state index in [1.807, 2.05) is 30.1 Å². The van der Waals surface area contributed by atoms with Gasteiger partial charge in [-0.25, -0.2) is 15.0 Å². The van der Waals surface area contributed by atoms with Crippen molar-refractivity contribution in [2.45, 2.75) is 0 Å². The van der Waals surface area contributed by atoms with E-state index >= 15 is 0 Å². The summed E-state index contributed by atoms with van der Waals surface area (Å²) in [5, 5.41) is 4.63. The van der Waals surface area contributed by atoms with Crippen molar-refractivity contribution in [2.75, 3.05) is 6.26 Å². The van der Waals surface area contributed by atoms with Gasteiger partial charge in [-0.3, -0.25) is 9.08 Å². The van der Waals surface area contributed by atoms with Crippen molar-refractivity contribution < 1.29 is 0 Å². The van der Waals surface area contributed by atoms with Crippen LogP contribution in [-0.2, 0) is 7.05 Å². The minimum Gasteiger partial charge on any atom is -0.378 e. The molecule has 0 unspecified atom stereocenters. The molecule has 20 heavy (non-hydrogen) atoms. The van der Waals surface area contributed by atoms with Crippen LogP contribution in [0.3, 0.4) is 0 Å². The van der Waals surface area contributed by atoms with Gasteiger partial charge in [-0.15, -0.1) is 0 Å². The second-order valence-electron chi connectivity index (χ2n) is 4.14. The van der Waals surface area contributed by atoms with Crippen LogP contribution in [0.1, 0.15) is 0 Å². The highest BCUT2D eigenvalue weighted by Crippen LogP contribution is 2.24. The maximum absolute atomic E-state index is 5.74. The molecule has 0 aliphatic heterocycles. The standard InChI is InChI=1S/C12H13N7S/c1-18-7-8(5-16-18)9-6-15-11-10(17-12(13)20-2)14-3-4-19(9)11/h3-7H,1-2H3,(H2,13,14,17). The number of aliphatic imine (C=N–C) groups is 1. The molecule has 3 aromatic heterocycles. The zero-order chi connectivity index (χ0) is 14.1. The van der Waals surface area contributed by atoms with Crippen LogP contribution >= 0.6 is 11.8 Å². The number of nitrogens with zero attached hydrogens (tertiary/aromatic N) is 6. The highest BCUT2D eigenvalue weighted by Gasteiger charge is 2.11. The number of rotatable bonds is 2. The normalized spacial score (nSPS) is 12.2. The number of hydrogen-bond acceptors (Lipinski definition) is 5. The molecule has 0 amide bonds. The van der Waals surface area contributed by atoms with Crippen LogP contribution < -0.4 is 5.73 Å². The number of thioether (sulfide) groups is 1.